The van der Waals surface area contributed by atoms with Gasteiger partial charge in [0.05, 0.1) is 6.42 Å². The van der Waals surface area contributed by atoms with Crippen molar-refractivity contribution >= 4 is 5.78 Å². The van der Waals surface area contributed by atoms with Crippen molar-refractivity contribution in [1.29, 1.82) is 0 Å². The second-order valence-electron chi connectivity index (χ2n) is 4.78. The molecule has 0 spiro atoms. The van der Waals surface area contributed by atoms with Gasteiger partial charge in [0.1, 0.15) is 5.92 Å². The lowest BCUT2D eigenvalue weighted by Gasteiger charge is -2.33. The van der Waals surface area contributed by atoms with Crippen LogP contribution in [0.2, 0.25) is 0 Å². The summed E-state index contributed by atoms with van der Waals surface area (Å²) in [6.07, 6.45) is 2.73. The van der Waals surface area contributed by atoms with Crippen LogP contribution in [0.1, 0.15) is 35.2 Å². The molecule has 82 valence electrons. The Morgan fingerprint density at radius 1 is 1.00 bits per heavy atom. The van der Waals surface area contributed by atoms with Crippen LogP contribution in [0.5, 0.6) is 0 Å². The lowest BCUT2D eigenvalue weighted by Crippen LogP contribution is -2.54. The van der Waals surface area contributed by atoms with Gasteiger partial charge in [0.2, 0.25) is 0 Å². The van der Waals surface area contributed by atoms with Gasteiger partial charge in [-0.2, -0.15) is 4.57 Å². The normalized spacial score (nSPS) is 24.4. The molecule has 0 amide bonds. The Hall–Kier alpha value is -1.96. The zero-order valence-electron chi connectivity index (χ0n) is 9.34. The van der Waals surface area contributed by atoms with Crippen LogP contribution >= 0.6 is 0 Å². The highest BCUT2D eigenvalue weighted by Gasteiger charge is 2.48. The van der Waals surface area contributed by atoms with Crippen LogP contribution < -0.4 is 4.57 Å². The molecule has 1 aromatic heterocycles. The van der Waals surface area contributed by atoms with Gasteiger partial charge >= 0.3 is 0 Å². The Kier molecular flexibility index (Phi) is 1.63. The Bertz CT molecular complexity index is 585. The number of carbonyl (C=O) groups excluding carboxylic acids is 1. The number of hydrogen-bond acceptors (Lipinski definition) is 1. The monoisotopic (exact) mass is 222 g/mol. The van der Waals surface area contributed by atoms with E-state index in [2.05, 4.69) is 35.0 Å². The van der Waals surface area contributed by atoms with E-state index in [1.807, 2.05) is 18.2 Å². The minimum Gasteiger partial charge on any atom is -0.298 e. The molecule has 17 heavy (non-hydrogen) atoms. The van der Waals surface area contributed by atoms with Crippen molar-refractivity contribution in [2.45, 2.75) is 18.4 Å². The van der Waals surface area contributed by atoms with Gasteiger partial charge in [-0.3, -0.25) is 4.79 Å². The highest BCUT2D eigenvalue weighted by atomic mass is 16.1. The average molecular weight is 222 g/mol. The fourth-order valence-electron chi connectivity index (χ4n) is 3.24. The summed E-state index contributed by atoms with van der Waals surface area (Å²) in [5.74, 6) is 0.317. The van der Waals surface area contributed by atoms with Crippen molar-refractivity contribution in [1.82, 2.24) is 0 Å². The molecule has 3 heterocycles. The minimum atomic E-state index is -0.0441. The molecule has 0 radical (unpaired) electrons. The van der Waals surface area contributed by atoms with Crippen molar-refractivity contribution in [3.05, 3.63) is 65.5 Å². The summed E-state index contributed by atoms with van der Waals surface area (Å²) in [6, 6.07) is 14.7. The number of rotatable bonds is 0. The van der Waals surface area contributed by atoms with Crippen molar-refractivity contribution in [2.24, 2.45) is 0 Å². The predicted molar refractivity (Wildman–Crippen MR) is 62.7 cm³/mol. The van der Waals surface area contributed by atoms with E-state index in [4.69, 9.17) is 0 Å². The molecule has 2 atom stereocenters. The third-order valence-corrected chi connectivity index (χ3v) is 3.94. The van der Waals surface area contributed by atoms with Crippen molar-refractivity contribution in [2.75, 3.05) is 0 Å². The van der Waals surface area contributed by atoms with Crippen LogP contribution in [-0.4, -0.2) is 5.78 Å². The van der Waals surface area contributed by atoms with E-state index in [-0.39, 0.29) is 12.0 Å². The number of pyridine rings is 1. The Labute approximate surface area is 99.5 Å². The molecular formula is C15H12NO+. The van der Waals surface area contributed by atoms with Gasteiger partial charge in [0.15, 0.2) is 23.7 Å². The maximum atomic E-state index is 12.2. The highest BCUT2D eigenvalue weighted by molar-refractivity contribution is 5.91. The second-order valence-corrected chi connectivity index (χ2v) is 4.78. The number of nitrogens with zero attached hydrogens (tertiary/aromatic N) is 1. The molecule has 1 aromatic carbocycles. The molecule has 2 nitrogen and oxygen atoms in total. The third kappa shape index (κ3) is 1.05. The Morgan fingerprint density at radius 2 is 1.76 bits per heavy atom. The van der Waals surface area contributed by atoms with E-state index < -0.39 is 0 Å². The van der Waals surface area contributed by atoms with Crippen LogP contribution in [0, 0.1) is 0 Å². The summed E-state index contributed by atoms with van der Waals surface area (Å²) in [5.41, 5.74) is 3.67. The first-order valence-electron chi connectivity index (χ1n) is 5.98. The molecule has 2 bridgehead atoms. The number of carbonyl (C=O) groups is 1. The first kappa shape index (κ1) is 9.11. The van der Waals surface area contributed by atoms with E-state index in [0.717, 1.165) is 5.69 Å². The molecule has 2 unspecified atom stereocenters. The zero-order valence-corrected chi connectivity index (χ0v) is 9.34. The molecule has 0 fully saturated rings. The maximum absolute atomic E-state index is 12.2. The number of fused-ring (bicyclic) bond motifs is 1. The zero-order chi connectivity index (χ0) is 11.4. The van der Waals surface area contributed by atoms with Gasteiger partial charge in [-0.25, -0.2) is 0 Å². The fourth-order valence-corrected chi connectivity index (χ4v) is 3.24. The number of Topliss-reactive ketones (excluding diaryl/α,β-unsaturated/α-hetero) is 1. The smallest absolute Gasteiger partial charge is 0.196 e. The molecule has 3 aliphatic rings. The molecule has 1 aliphatic carbocycles. The van der Waals surface area contributed by atoms with Gasteiger partial charge in [-0.15, -0.1) is 0 Å². The summed E-state index contributed by atoms with van der Waals surface area (Å²) < 4.78 is 2.26. The van der Waals surface area contributed by atoms with Crippen molar-refractivity contribution < 1.29 is 9.36 Å². The quantitative estimate of drug-likeness (QED) is 0.624. The second kappa shape index (κ2) is 3.04. The first-order valence-corrected chi connectivity index (χ1v) is 5.98. The first-order chi connectivity index (χ1) is 8.36. The maximum Gasteiger partial charge on any atom is 0.196 e. The topological polar surface area (TPSA) is 20.9 Å². The molecule has 2 aromatic rings. The summed E-state index contributed by atoms with van der Waals surface area (Å²) in [6.45, 7) is 0. The van der Waals surface area contributed by atoms with E-state index >= 15 is 0 Å². The Morgan fingerprint density at radius 3 is 2.65 bits per heavy atom. The number of hydrogen-bond donors (Lipinski definition) is 0. The van der Waals surface area contributed by atoms with Crippen LogP contribution in [0.25, 0.3) is 0 Å². The third-order valence-electron chi connectivity index (χ3n) is 3.94. The Balaban J connectivity index is 2.08. The molecular weight excluding hydrogens is 210 g/mol. The SMILES string of the molecule is O=C1CC2c3ccccc3C1c1cccc[n+]12. The average Bonchev–Trinajstić information content (AvgIpc) is 2.39. The van der Waals surface area contributed by atoms with E-state index in [0.29, 0.717) is 12.2 Å². The van der Waals surface area contributed by atoms with E-state index in [1.165, 1.54) is 11.1 Å². The summed E-state index contributed by atoms with van der Waals surface area (Å²) in [7, 11) is 0. The number of benzene rings is 1. The summed E-state index contributed by atoms with van der Waals surface area (Å²) >= 11 is 0. The van der Waals surface area contributed by atoms with Gasteiger partial charge in [0, 0.05) is 17.7 Å². The number of ketones is 1. The van der Waals surface area contributed by atoms with Gasteiger partial charge in [-0.05, 0) is 5.56 Å². The summed E-state index contributed by atoms with van der Waals surface area (Å²) in [5, 5.41) is 0. The fraction of sp³-hybridized carbons (Fsp3) is 0.200. The predicted octanol–water partition coefficient (Wildman–Crippen LogP) is 1.98. The van der Waals surface area contributed by atoms with Crippen LogP contribution in [0.15, 0.2) is 48.7 Å². The van der Waals surface area contributed by atoms with Crippen LogP contribution in [-0.2, 0) is 4.79 Å². The molecule has 2 aliphatic heterocycles. The largest absolute Gasteiger partial charge is 0.298 e. The molecule has 0 N–H and O–H groups in total. The van der Waals surface area contributed by atoms with Crippen LogP contribution in [0.4, 0.5) is 0 Å². The van der Waals surface area contributed by atoms with Gasteiger partial charge in [0.25, 0.3) is 0 Å². The minimum absolute atomic E-state index is 0.0441. The molecule has 0 saturated heterocycles. The molecule has 0 saturated carbocycles. The van der Waals surface area contributed by atoms with Crippen molar-refractivity contribution in [3.8, 4) is 0 Å². The summed E-state index contributed by atoms with van der Waals surface area (Å²) in [4.78, 5) is 12.2. The molecule has 2 heteroatoms. The standard InChI is InChI=1S/C15H12NO/c17-14-9-13-10-5-1-2-6-11(10)15(14)12-7-3-4-8-16(12)13/h1-8,13,15H,9H2/q+1. The van der Waals surface area contributed by atoms with Gasteiger partial charge < -0.3 is 0 Å². The van der Waals surface area contributed by atoms with E-state index in [1.54, 1.807) is 0 Å². The highest BCUT2D eigenvalue weighted by Crippen LogP contribution is 2.42. The van der Waals surface area contributed by atoms with Gasteiger partial charge in [-0.1, -0.05) is 30.3 Å². The number of aromatic nitrogens is 1. The van der Waals surface area contributed by atoms with Crippen molar-refractivity contribution in [3.63, 3.8) is 0 Å². The van der Waals surface area contributed by atoms with Crippen LogP contribution in [0.3, 0.4) is 0 Å². The lowest BCUT2D eigenvalue weighted by molar-refractivity contribution is -0.725. The lowest BCUT2D eigenvalue weighted by atomic mass is 9.73. The van der Waals surface area contributed by atoms with E-state index in [9.17, 15) is 4.79 Å². The molecule has 5 rings (SSSR count).